The van der Waals surface area contributed by atoms with Gasteiger partial charge in [0, 0.05) is 31.0 Å². The Balaban J connectivity index is 1.95. The van der Waals surface area contributed by atoms with E-state index in [0.29, 0.717) is 13.2 Å². The molecule has 7 nitrogen and oxygen atoms in total. The summed E-state index contributed by atoms with van der Waals surface area (Å²) in [7, 11) is -3.34. The summed E-state index contributed by atoms with van der Waals surface area (Å²) in [5.41, 5.74) is 4.93. The van der Waals surface area contributed by atoms with Crippen LogP contribution < -0.4 is 15.8 Å². The Morgan fingerprint density at radius 1 is 1.43 bits per heavy atom. The molecule has 1 aliphatic carbocycles. The molecule has 4 N–H and O–H groups in total. The van der Waals surface area contributed by atoms with Crippen LogP contribution in [0.5, 0.6) is 0 Å². The van der Waals surface area contributed by atoms with Gasteiger partial charge in [0.25, 0.3) is 0 Å². The fourth-order valence-electron chi connectivity index (χ4n) is 3.58. The minimum Gasteiger partial charge on any atom is -0.377 e. The first-order valence-corrected chi connectivity index (χ1v) is 8.98. The van der Waals surface area contributed by atoms with Gasteiger partial charge >= 0.3 is 0 Å². The first kappa shape index (κ1) is 16.7. The smallest absolute Gasteiger partial charge is 0.241 e. The summed E-state index contributed by atoms with van der Waals surface area (Å²) in [5, 5.41) is 2.67. The zero-order valence-electron chi connectivity index (χ0n) is 12.8. The first-order chi connectivity index (χ1) is 9.67. The monoisotopic (exact) mass is 319 g/mol. The molecule has 1 amide bonds. The van der Waals surface area contributed by atoms with Gasteiger partial charge in [-0.3, -0.25) is 4.79 Å². The summed E-state index contributed by atoms with van der Waals surface area (Å²) in [6.07, 6.45) is 0.784. The zero-order valence-corrected chi connectivity index (χ0v) is 13.6. The van der Waals surface area contributed by atoms with Crippen molar-refractivity contribution in [1.82, 2.24) is 10.0 Å². The maximum Gasteiger partial charge on any atom is 0.241 e. The van der Waals surface area contributed by atoms with E-state index < -0.39 is 21.0 Å². The van der Waals surface area contributed by atoms with Crippen LogP contribution in [0.3, 0.4) is 0 Å². The van der Waals surface area contributed by atoms with E-state index in [-0.39, 0.29) is 30.2 Å². The standard InChI is InChI=1S/C13H25N3O4S/c1-4-16-21(18,19)8-6-15-11(17)13(14)9-5-7-20-10(9)12(13,2)3/h9-10,16H,4-8,14H2,1-3H3,(H,15,17). The molecule has 8 heteroatoms. The van der Waals surface area contributed by atoms with Crippen molar-refractivity contribution in [3.05, 3.63) is 0 Å². The highest BCUT2D eigenvalue weighted by Gasteiger charge is 2.71. The van der Waals surface area contributed by atoms with Gasteiger partial charge in [0.1, 0.15) is 5.54 Å². The van der Waals surface area contributed by atoms with Crippen molar-refractivity contribution < 1.29 is 17.9 Å². The first-order valence-electron chi connectivity index (χ1n) is 7.33. The molecule has 1 aliphatic heterocycles. The van der Waals surface area contributed by atoms with E-state index in [2.05, 4.69) is 10.0 Å². The lowest BCUT2D eigenvalue weighted by Crippen LogP contribution is -2.80. The molecule has 0 radical (unpaired) electrons. The van der Waals surface area contributed by atoms with Crippen LogP contribution in [0.2, 0.25) is 0 Å². The van der Waals surface area contributed by atoms with E-state index >= 15 is 0 Å². The van der Waals surface area contributed by atoms with Gasteiger partial charge < -0.3 is 15.8 Å². The van der Waals surface area contributed by atoms with Gasteiger partial charge in [0.2, 0.25) is 15.9 Å². The van der Waals surface area contributed by atoms with E-state index in [4.69, 9.17) is 10.5 Å². The quantitative estimate of drug-likeness (QED) is 0.593. The van der Waals surface area contributed by atoms with Crippen LogP contribution in [0.1, 0.15) is 27.2 Å². The fraction of sp³-hybridized carbons (Fsp3) is 0.923. The second-order valence-corrected chi connectivity index (χ2v) is 8.28. The molecule has 3 atom stereocenters. The van der Waals surface area contributed by atoms with Crippen molar-refractivity contribution in [2.75, 3.05) is 25.4 Å². The summed E-state index contributed by atoms with van der Waals surface area (Å²) in [6.45, 7) is 6.58. The van der Waals surface area contributed by atoms with Gasteiger partial charge in [0.15, 0.2) is 0 Å². The highest BCUT2D eigenvalue weighted by Crippen LogP contribution is 2.58. The molecular weight excluding hydrogens is 294 g/mol. The lowest BCUT2D eigenvalue weighted by Gasteiger charge is -2.60. The summed E-state index contributed by atoms with van der Waals surface area (Å²) in [5.74, 6) is -0.419. The molecule has 0 bridgehead atoms. The summed E-state index contributed by atoms with van der Waals surface area (Å²) >= 11 is 0. The Labute approximate surface area is 126 Å². The summed E-state index contributed by atoms with van der Waals surface area (Å²) < 4.78 is 31.1. The van der Waals surface area contributed by atoms with Crippen LogP contribution in [-0.4, -0.2) is 51.4 Å². The summed E-state index contributed by atoms with van der Waals surface area (Å²) in [6, 6.07) is 0. The van der Waals surface area contributed by atoms with E-state index in [1.807, 2.05) is 13.8 Å². The topological polar surface area (TPSA) is 111 Å². The normalized spacial score (nSPS) is 34.1. The molecule has 3 unspecified atom stereocenters. The van der Waals surface area contributed by atoms with Crippen molar-refractivity contribution in [1.29, 1.82) is 0 Å². The number of ether oxygens (including phenoxy) is 1. The average molecular weight is 319 g/mol. The second-order valence-electron chi connectivity index (χ2n) is 6.35. The van der Waals surface area contributed by atoms with Crippen LogP contribution in [0.15, 0.2) is 0 Å². The van der Waals surface area contributed by atoms with Crippen LogP contribution in [-0.2, 0) is 19.6 Å². The second kappa shape index (κ2) is 5.49. The molecule has 2 rings (SSSR count). The number of amides is 1. The third-order valence-corrected chi connectivity index (χ3v) is 6.32. The molecular formula is C13H25N3O4S. The molecule has 21 heavy (non-hydrogen) atoms. The average Bonchev–Trinajstić information content (AvgIpc) is 2.85. The Hall–Kier alpha value is -0.700. The van der Waals surface area contributed by atoms with Crippen LogP contribution in [0, 0.1) is 11.3 Å². The van der Waals surface area contributed by atoms with E-state index in [1.54, 1.807) is 6.92 Å². The molecule has 2 aliphatic rings. The highest BCUT2D eigenvalue weighted by atomic mass is 32.2. The number of nitrogens with one attached hydrogen (secondary N) is 2. The predicted octanol–water partition coefficient (Wildman–Crippen LogP) is -0.816. The number of sulfonamides is 1. The molecule has 1 saturated heterocycles. The van der Waals surface area contributed by atoms with Crippen LogP contribution in [0.25, 0.3) is 0 Å². The van der Waals surface area contributed by atoms with Gasteiger partial charge in [-0.25, -0.2) is 13.1 Å². The molecule has 1 saturated carbocycles. The molecule has 0 aromatic rings. The number of nitrogens with two attached hydrogens (primary N) is 1. The van der Waals surface area contributed by atoms with Gasteiger partial charge in [-0.2, -0.15) is 0 Å². The lowest BCUT2D eigenvalue weighted by atomic mass is 9.48. The van der Waals surface area contributed by atoms with Crippen molar-refractivity contribution in [3.8, 4) is 0 Å². The van der Waals surface area contributed by atoms with Gasteiger partial charge in [-0.15, -0.1) is 0 Å². The Morgan fingerprint density at radius 3 is 2.71 bits per heavy atom. The zero-order chi connectivity index (χ0) is 15.9. The molecule has 2 fully saturated rings. The lowest BCUT2D eigenvalue weighted by molar-refractivity contribution is -0.175. The van der Waals surface area contributed by atoms with Crippen molar-refractivity contribution >= 4 is 15.9 Å². The molecule has 1 heterocycles. The third-order valence-electron chi connectivity index (χ3n) is 4.85. The van der Waals surface area contributed by atoms with E-state index in [9.17, 15) is 13.2 Å². The number of rotatable bonds is 6. The minimum atomic E-state index is -3.34. The molecule has 0 aromatic carbocycles. The number of fused-ring (bicyclic) bond motifs is 1. The van der Waals surface area contributed by atoms with Crippen molar-refractivity contribution in [3.63, 3.8) is 0 Å². The van der Waals surface area contributed by atoms with Gasteiger partial charge in [-0.05, 0) is 6.42 Å². The van der Waals surface area contributed by atoms with Crippen molar-refractivity contribution in [2.45, 2.75) is 38.8 Å². The number of hydrogen-bond acceptors (Lipinski definition) is 5. The Kier molecular flexibility index (Phi) is 4.36. The van der Waals surface area contributed by atoms with Gasteiger partial charge in [-0.1, -0.05) is 20.8 Å². The minimum absolute atomic E-state index is 0.0119. The number of hydrogen-bond donors (Lipinski definition) is 3. The van der Waals surface area contributed by atoms with Gasteiger partial charge in [0.05, 0.1) is 11.9 Å². The molecule has 122 valence electrons. The Morgan fingerprint density at radius 2 is 2.10 bits per heavy atom. The number of carbonyl (C=O) groups excluding carboxylic acids is 1. The molecule has 0 aromatic heterocycles. The highest BCUT2D eigenvalue weighted by molar-refractivity contribution is 7.89. The van der Waals surface area contributed by atoms with E-state index in [0.717, 1.165) is 6.42 Å². The van der Waals surface area contributed by atoms with Crippen LogP contribution in [0.4, 0.5) is 0 Å². The fourth-order valence-corrected chi connectivity index (χ4v) is 4.54. The van der Waals surface area contributed by atoms with Crippen LogP contribution >= 0.6 is 0 Å². The van der Waals surface area contributed by atoms with E-state index in [1.165, 1.54) is 0 Å². The maximum absolute atomic E-state index is 12.4. The predicted molar refractivity (Wildman–Crippen MR) is 79.0 cm³/mol. The summed E-state index contributed by atoms with van der Waals surface area (Å²) in [4.78, 5) is 12.4. The SMILES string of the molecule is CCNS(=O)(=O)CCNC(=O)C1(N)C2CCOC2C1(C)C. The maximum atomic E-state index is 12.4. The Bertz CT molecular complexity index is 520. The largest absolute Gasteiger partial charge is 0.377 e. The van der Waals surface area contributed by atoms with Crippen molar-refractivity contribution in [2.24, 2.45) is 17.1 Å². The third kappa shape index (κ3) is 2.58. The molecule has 0 spiro atoms. The number of carbonyl (C=O) groups is 1.